The number of fused-ring (bicyclic) bond motifs is 2. The molecule has 4 nitrogen and oxygen atoms in total. The molecule has 5 heteroatoms. The Morgan fingerprint density at radius 1 is 0.880 bits per heavy atom. The molecule has 1 saturated carbocycles. The van der Waals surface area contributed by atoms with E-state index in [0.29, 0.717) is 24.2 Å². The van der Waals surface area contributed by atoms with E-state index < -0.39 is 0 Å². The van der Waals surface area contributed by atoms with Gasteiger partial charge in [0.1, 0.15) is 0 Å². The normalized spacial score (nSPS) is 30.7. The van der Waals surface area contributed by atoms with Crippen molar-refractivity contribution in [2.75, 3.05) is 0 Å². The molecule has 3 atom stereocenters. The number of nitrogens with zero attached hydrogens (tertiary/aromatic N) is 1. The molecule has 0 radical (unpaired) electrons. The van der Waals surface area contributed by atoms with E-state index in [9.17, 15) is 4.79 Å². The highest BCUT2D eigenvalue weighted by Crippen LogP contribution is 2.35. The van der Waals surface area contributed by atoms with Crippen LogP contribution in [-0.4, -0.2) is 40.1 Å². The lowest BCUT2D eigenvalue weighted by Gasteiger charge is -2.51. The van der Waals surface area contributed by atoms with Crippen LogP contribution in [0.2, 0.25) is 0 Å². The van der Waals surface area contributed by atoms with Crippen molar-refractivity contribution >= 4 is 23.2 Å². The molecule has 142 valence electrons. The van der Waals surface area contributed by atoms with Gasteiger partial charge in [-0.25, -0.2) is 0 Å². The predicted molar refractivity (Wildman–Crippen MR) is 106 cm³/mol. The molecule has 1 unspecified atom stereocenters. The fraction of sp³-hybridized carbons (Fsp3) is 0.900. The largest absolute Gasteiger partial charge is 0.360 e. The van der Waals surface area contributed by atoms with E-state index in [1.54, 1.807) is 0 Å². The number of rotatable bonds is 2. The summed E-state index contributed by atoms with van der Waals surface area (Å²) in [5.41, 5.74) is -0.315. The maximum atomic E-state index is 12.4. The molecular weight excluding hydrogens is 330 g/mol. The summed E-state index contributed by atoms with van der Waals surface area (Å²) < 4.78 is 0. The number of hydrogen-bond donors (Lipinski definition) is 2. The zero-order valence-corrected chi connectivity index (χ0v) is 17.0. The molecule has 2 N–H and O–H groups in total. The Kier molecular flexibility index (Phi) is 5.92. The SMILES string of the molecule is CC(C)(C)C(=O)NC1C[C@H]2CCC[C@@H](C1)N2C(=S)NC1CCCCC1. The molecule has 3 aliphatic rings. The Morgan fingerprint density at radius 3 is 2.04 bits per heavy atom. The molecule has 1 amide bonds. The topological polar surface area (TPSA) is 44.4 Å². The first-order valence-corrected chi connectivity index (χ1v) is 10.6. The maximum absolute atomic E-state index is 12.4. The standard InChI is InChI=1S/C20H35N3OS/c1-20(2,3)18(24)21-15-12-16-10-7-11-17(13-15)23(16)19(25)22-14-8-5-4-6-9-14/h14-17H,4-13H2,1-3H3,(H,21,24)(H,22,25)/t15?,16-,17+. The first-order valence-electron chi connectivity index (χ1n) is 10.2. The molecule has 0 aromatic heterocycles. The molecule has 0 spiro atoms. The average Bonchev–Trinajstić information content (AvgIpc) is 2.54. The smallest absolute Gasteiger partial charge is 0.225 e. The minimum Gasteiger partial charge on any atom is -0.360 e. The molecule has 2 heterocycles. The first-order chi connectivity index (χ1) is 11.8. The van der Waals surface area contributed by atoms with Crippen LogP contribution >= 0.6 is 12.2 Å². The van der Waals surface area contributed by atoms with Crippen LogP contribution in [0.25, 0.3) is 0 Å². The highest BCUT2D eigenvalue weighted by atomic mass is 32.1. The summed E-state index contributed by atoms with van der Waals surface area (Å²) in [7, 11) is 0. The average molecular weight is 366 g/mol. The second-order valence-electron chi connectivity index (χ2n) is 9.32. The Balaban J connectivity index is 1.59. The van der Waals surface area contributed by atoms with Crippen molar-refractivity contribution in [1.82, 2.24) is 15.5 Å². The highest BCUT2D eigenvalue weighted by Gasteiger charge is 2.41. The molecule has 2 bridgehead atoms. The second kappa shape index (κ2) is 7.81. The van der Waals surface area contributed by atoms with Gasteiger partial charge in [-0.2, -0.15) is 0 Å². The number of piperidine rings is 2. The third-order valence-electron chi connectivity index (χ3n) is 6.16. The first kappa shape index (κ1) is 18.9. The molecule has 3 rings (SSSR count). The van der Waals surface area contributed by atoms with Gasteiger partial charge in [0.05, 0.1) is 0 Å². The van der Waals surface area contributed by atoms with Crippen LogP contribution in [-0.2, 0) is 4.79 Å². The van der Waals surface area contributed by atoms with Crippen molar-refractivity contribution in [3.8, 4) is 0 Å². The number of amides is 1. The Labute approximate surface area is 158 Å². The number of nitrogens with one attached hydrogen (secondary N) is 2. The number of carbonyl (C=O) groups excluding carboxylic acids is 1. The predicted octanol–water partition coefficient (Wildman–Crippen LogP) is 3.74. The van der Waals surface area contributed by atoms with E-state index in [2.05, 4.69) is 15.5 Å². The molecular formula is C20H35N3OS. The lowest BCUT2D eigenvalue weighted by Crippen LogP contribution is -2.62. The number of carbonyl (C=O) groups is 1. The van der Waals surface area contributed by atoms with Gasteiger partial charge in [-0.15, -0.1) is 0 Å². The summed E-state index contributed by atoms with van der Waals surface area (Å²) in [6.45, 7) is 5.96. The monoisotopic (exact) mass is 365 g/mol. The van der Waals surface area contributed by atoms with Gasteiger partial charge >= 0.3 is 0 Å². The van der Waals surface area contributed by atoms with Crippen LogP contribution in [0.5, 0.6) is 0 Å². The van der Waals surface area contributed by atoms with Gasteiger partial charge in [-0.3, -0.25) is 4.79 Å². The van der Waals surface area contributed by atoms with E-state index in [0.717, 1.165) is 18.0 Å². The van der Waals surface area contributed by atoms with Crippen LogP contribution in [0, 0.1) is 5.41 Å². The summed E-state index contributed by atoms with van der Waals surface area (Å²) in [6.07, 6.45) is 12.3. The maximum Gasteiger partial charge on any atom is 0.225 e. The summed E-state index contributed by atoms with van der Waals surface area (Å²) >= 11 is 5.82. The van der Waals surface area contributed by atoms with E-state index in [-0.39, 0.29) is 11.3 Å². The fourth-order valence-electron chi connectivity index (χ4n) is 4.73. The van der Waals surface area contributed by atoms with Crippen LogP contribution in [0.15, 0.2) is 0 Å². The zero-order valence-electron chi connectivity index (χ0n) is 16.1. The van der Waals surface area contributed by atoms with Gasteiger partial charge in [0.2, 0.25) is 5.91 Å². The Bertz CT molecular complexity index is 482. The van der Waals surface area contributed by atoms with Crippen molar-refractivity contribution < 1.29 is 4.79 Å². The summed E-state index contributed by atoms with van der Waals surface area (Å²) in [5.74, 6) is 0.173. The van der Waals surface area contributed by atoms with Crippen LogP contribution in [0.4, 0.5) is 0 Å². The Hall–Kier alpha value is -0.840. The van der Waals surface area contributed by atoms with Crippen molar-refractivity contribution in [1.29, 1.82) is 0 Å². The van der Waals surface area contributed by atoms with Crippen LogP contribution < -0.4 is 10.6 Å². The Morgan fingerprint density at radius 2 is 1.48 bits per heavy atom. The summed E-state index contributed by atoms with van der Waals surface area (Å²) in [6, 6.07) is 1.85. The third-order valence-corrected chi connectivity index (χ3v) is 6.49. The molecule has 1 aliphatic carbocycles. The van der Waals surface area contributed by atoms with Gasteiger partial charge in [0.25, 0.3) is 0 Å². The van der Waals surface area contributed by atoms with Gasteiger partial charge in [-0.1, -0.05) is 40.0 Å². The number of hydrogen-bond acceptors (Lipinski definition) is 2. The van der Waals surface area contributed by atoms with Crippen molar-refractivity contribution in [3.05, 3.63) is 0 Å². The zero-order chi connectivity index (χ0) is 18.0. The van der Waals surface area contributed by atoms with Gasteiger partial charge in [-0.05, 0) is 57.2 Å². The fourth-order valence-corrected chi connectivity index (χ4v) is 5.19. The molecule has 2 saturated heterocycles. The third kappa shape index (κ3) is 4.66. The van der Waals surface area contributed by atoms with Crippen molar-refractivity contribution in [2.45, 2.75) is 109 Å². The van der Waals surface area contributed by atoms with E-state index in [1.807, 2.05) is 20.8 Å². The summed E-state index contributed by atoms with van der Waals surface area (Å²) in [4.78, 5) is 14.9. The molecule has 3 fully saturated rings. The highest BCUT2D eigenvalue weighted by molar-refractivity contribution is 7.80. The van der Waals surface area contributed by atoms with E-state index in [4.69, 9.17) is 12.2 Å². The number of thiocarbonyl (C=S) groups is 1. The van der Waals surface area contributed by atoms with E-state index >= 15 is 0 Å². The second-order valence-corrected chi connectivity index (χ2v) is 9.71. The molecule has 25 heavy (non-hydrogen) atoms. The van der Waals surface area contributed by atoms with Crippen molar-refractivity contribution in [3.63, 3.8) is 0 Å². The van der Waals surface area contributed by atoms with E-state index in [1.165, 1.54) is 51.4 Å². The molecule has 0 aromatic rings. The molecule has 2 aliphatic heterocycles. The minimum absolute atomic E-state index is 0.173. The van der Waals surface area contributed by atoms with Crippen LogP contribution in [0.3, 0.4) is 0 Å². The van der Waals surface area contributed by atoms with Gasteiger partial charge < -0.3 is 15.5 Å². The lowest BCUT2D eigenvalue weighted by molar-refractivity contribution is -0.129. The quantitative estimate of drug-likeness (QED) is 0.732. The molecule has 0 aromatic carbocycles. The van der Waals surface area contributed by atoms with Gasteiger partial charge in [0, 0.05) is 29.6 Å². The van der Waals surface area contributed by atoms with Gasteiger partial charge in [0.15, 0.2) is 5.11 Å². The van der Waals surface area contributed by atoms with Crippen molar-refractivity contribution in [2.24, 2.45) is 5.41 Å². The minimum atomic E-state index is -0.315. The summed E-state index contributed by atoms with van der Waals surface area (Å²) in [5, 5.41) is 7.94. The van der Waals surface area contributed by atoms with Crippen LogP contribution in [0.1, 0.15) is 85.0 Å². The lowest BCUT2D eigenvalue weighted by atomic mass is 9.81.